The average molecular weight is 431 g/mol. The van der Waals surface area contributed by atoms with Crippen LogP contribution in [0.3, 0.4) is 0 Å². The molecule has 154 valence electrons. The van der Waals surface area contributed by atoms with E-state index in [4.69, 9.17) is 28.2 Å². The van der Waals surface area contributed by atoms with Crippen molar-refractivity contribution < 1.29 is 0 Å². The number of rotatable bonds is 8. The highest BCUT2D eigenvalue weighted by Crippen LogP contribution is 2.35. The van der Waals surface area contributed by atoms with Crippen molar-refractivity contribution in [1.82, 2.24) is 14.4 Å². The molecular weight excluding hydrogens is 403 g/mol. The molecule has 4 nitrogen and oxygen atoms in total. The quantitative estimate of drug-likeness (QED) is 0.399. The molecule has 0 atom stereocenters. The van der Waals surface area contributed by atoms with E-state index in [0.717, 1.165) is 48.0 Å². The van der Waals surface area contributed by atoms with Crippen LogP contribution in [-0.4, -0.2) is 27.5 Å². The summed E-state index contributed by atoms with van der Waals surface area (Å²) in [6, 6.07) is 5.54. The molecule has 0 amide bonds. The summed E-state index contributed by atoms with van der Waals surface area (Å²) in [6.45, 7) is 6.60. The molecule has 2 aromatic heterocycles. The molecule has 3 aromatic rings. The first-order valence-corrected chi connectivity index (χ1v) is 11.4. The molecule has 0 radical (unpaired) electrons. The Morgan fingerprint density at radius 2 is 2.03 bits per heavy atom. The molecule has 1 aliphatic rings. The number of imidazole rings is 1. The maximum Gasteiger partial charge on any atom is 0.165 e. The van der Waals surface area contributed by atoms with Gasteiger partial charge in [-0.25, -0.2) is 4.98 Å². The lowest BCUT2D eigenvalue weighted by atomic mass is 9.85. The summed E-state index contributed by atoms with van der Waals surface area (Å²) in [7, 11) is 0. The maximum absolute atomic E-state index is 6.50. The molecule has 29 heavy (non-hydrogen) atoms. The van der Waals surface area contributed by atoms with Crippen molar-refractivity contribution in [2.75, 3.05) is 18.0 Å². The highest BCUT2D eigenvalue weighted by atomic mass is 35.5. The van der Waals surface area contributed by atoms with E-state index in [9.17, 15) is 0 Å². The first-order valence-electron chi connectivity index (χ1n) is 10.7. The molecule has 2 heterocycles. The molecule has 0 spiro atoms. The van der Waals surface area contributed by atoms with Gasteiger partial charge in [-0.2, -0.15) is 0 Å². The highest BCUT2D eigenvalue weighted by molar-refractivity contribution is 6.36. The third kappa shape index (κ3) is 4.10. The minimum Gasteiger partial charge on any atom is -0.356 e. The van der Waals surface area contributed by atoms with Crippen LogP contribution in [0.2, 0.25) is 10.0 Å². The SMILES string of the molecule is CCCCN(CC1CCC1)c1c(CC)nc2c(-c3ccc(Cl)cc3Cl)nccn12. The van der Waals surface area contributed by atoms with E-state index in [1.165, 1.54) is 37.9 Å². The number of unbranched alkanes of at least 4 members (excludes halogenated alkanes) is 1. The van der Waals surface area contributed by atoms with E-state index < -0.39 is 0 Å². The monoisotopic (exact) mass is 430 g/mol. The number of halogens is 2. The van der Waals surface area contributed by atoms with Crippen LogP contribution in [0.4, 0.5) is 5.82 Å². The van der Waals surface area contributed by atoms with Gasteiger partial charge >= 0.3 is 0 Å². The normalized spacial score (nSPS) is 14.3. The topological polar surface area (TPSA) is 33.4 Å². The van der Waals surface area contributed by atoms with Crippen LogP contribution >= 0.6 is 23.2 Å². The van der Waals surface area contributed by atoms with Gasteiger partial charge in [-0.15, -0.1) is 0 Å². The Morgan fingerprint density at radius 3 is 2.69 bits per heavy atom. The lowest BCUT2D eigenvalue weighted by Gasteiger charge is -2.34. The van der Waals surface area contributed by atoms with Gasteiger partial charge in [0.1, 0.15) is 11.5 Å². The molecule has 6 heteroatoms. The third-order valence-electron chi connectivity index (χ3n) is 5.89. The van der Waals surface area contributed by atoms with Gasteiger partial charge in [-0.1, -0.05) is 49.9 Å². The van der Waals surface area contributed by atoms with Gasteiger partial charge in [-0.3, -0.25) is 9.38 Å². The summed E-state index contributed by atoms with van der Waals surface area (Å²) in [5.74, 6) is 2.02. The number of fused-ring (bicyclic) bond motifs is 1. The third-order valence-corrected chi connectivity index (χ3v) is 6.44. The standard InChI is InChI=1S/C23H28Cl2N4/c1-3-5-12-28(15-16-7-6-8-16)23-20(4-2)27-22-21(26-11-13-29(22)23)18-10-9-17(24)14-19(18)25/h9-11,13-14,16H,3-8,12,15H2,1-2H3. The summed E-state index contributed by atoms with van der Waals surface area (Å²) < 4.78 is 2.21. The first-order chi connectivity index (χ1) is 14.1. The number of nitrogens with zero attached hydrogens (tertiary/aromatic N) is 4. The number of anilines is 1. The fraction of sp³-hybridized carbons (Fsp3) is 0.478. The van der Waals surface area contributed by atoms with Crippen LogP contribution in [0.1, 0.15) is 51.6 Å². The molecular formula is C23H28Cl2N4. The molecule has 0 saturated heterocycles. The van der Waals surface area contributed by atoms with Crippen LogP contribution in [-0.2, 0) is 6.42 Å². The van der Waals surface area contributed by atoms with Crippen molar-refractivity contribution >= 4 is 34.7 Å². The minimum absolute atomic E-state index is 0.595. The largest absolute Gasteiger partial charge is 0.356 e. The summed E-state index contributed by atoms with van der Waals surface area (Å²) in [6.07, 6.45) is 11.2. The van der Waals surface area contributed by atoms with Gasteiger partial charge < -0.3 is 4.90 Å². The van der Waals surface area contributed by atoms with Crippen molar-refractivity contribution in [3.05, 3.63) is 46.3 Å². The van der Waals surface area contributed by atoms with Crippen molar-refractivity contribution in [3.63, 3.8) is 0 Å². The van der Waals surface area contributed by atoms with E-state index in [0.29, 0.717) is 10.0 Å². The zero-order valence-electron chi connectivity index (χ0n) is 17.2. The number of hydrogen-bond acceptors (Lipinski definition) is 3. The molecule has 1 fully saturated rings. The molecule has 1 aromatic carbocycles. The Kier molecular flexibility index (Phi) is 6.31. The van der Waals surface area contributed by atoms with Crippen molar-refractivity contribution in [3.8, 4) is 11.3 Å². The molecule has 1 aliphatic carbocycles. The maximum atomic E-state index is 6.50. The summed E-state index contributed by atoms with van der Waals surface area (Å²) in [4.78, 5) is 12.2. The Labute approximate surface area is 182 Å². The number of aryl methyl sites for hydroxylation is 1. The van der Waals surface area contributed by atoms with Gasteiger partial charge in [0, 0.05) is 36.1 Å². The molecule has 0 N–H and O–H groups in total. The Morgan fingerprint density at radius 1 is 1.21 bits per heavy atom. The number of hydrogen-bond donors (Lipinski definition) is 0. The molecule has 4 rings (SSSR count). The van der Waals surface area contributed by atoms with Crippen molar-refractivity contribution in [1.29, 1.82) is 0 Å². The second-order valence-corrected chi connectivity index (χ2v) is 8.77. The smallest absolute Gasteiger partial charge is 0.165 e. The van der Waals surface area contributed by atoms with Crippen LogP contribution in [0.25, 0.3) is 16.9 Å². The van der Waals surface area contributed by atoms with Gasteiger partial charge in [0.15, 0.2) is 5.65 Å². The lowest BCUT2D eigenvalue weighted by Crippen LogP contribution is -2.34. The molecule has 0 bridgehead atoms. The first kappa shape index (κ1) is 20.5. The summed E-state index contributed by atoms with van der Waals surface area (Å²) in [5.41, 5.74) is 3.65. The van der Waals surface area contributed by atoms with Gasteiger partial charge in [-0.05, 0) is 49.8 Å². The predicted molar refractivity (Wildman–Crippen MR) is 122 cm³/mol. The Balaban J connectivity index is 1.83. The van der Waals surface area contributed by atoms with E-state index in [1.807, 2.05) is 24.5 Å². The lowest BCUT2D eigenvalue weighted by molar-refractivity contribution is 0.316. The zero-order valence-corrected chi connectivity index (χ0v) is 18.7. The Bertz CT molecular complexity index is 994. The van der Waals surface area contributed by atoms with E-state index >= 15 is 0 Å². The Hall–Kier alpha value is -1.78. The van der Waals surface area contributed by atoms with Crippen LogP contribution in [0.15, 0.2) is 30.6 Å². The van der Waals surface area contributed by atoms with Crippen LogP contribution in [0, 0.1) is 5.92 Å². The van der Waals surface area contributed by atoms with Gasteiger partial charge in [0.05, 0.1) is 10.7 Å². The molecule has 0 unspecified atom stereocenters. The zero-order chi connectivity index (χ0) is 20.4. The predicted octanol–water partition coefficient (Wildman–Crippen LogP) is 6.67. The highest BCUT2D eigenvalue weighted by Gasteiger charge is 2.25. The van der Waals surface area contributed by atoms with E-state index in [-0.39, 0.29) is 0 Å². The van der Waals surface area contributed by atoms with Crippen molar-refractivity contribution in [2.45, 2.75) is 52.4 Å². The summed E-state index contributed by atoms with van der Waals surface area (Å²) >= 11 is 12.6. The van der Waals surface area contributed by atoms with Gasteiger partial charge in [0.2, 0.25) is 0 Å². The molecule has 0 aliphatic heterocycles. The second kappa shape index (κ2) is 8.93. The summed E-state index contributed by atoms with van der Waals surface area (Å²) in [5, 5.41) is 1.22. The van der Waals surface area contributed by atoms with Crippen LogP contribution in [0.5, 0.6) is 0 Å². The number of benzene rings is 1. The fourth-order valence-corrected chi connectivity index (χ4v) is 4.57. The molecule has 1 saturated carbocycles. The van der Waals surface area contributed by atoms with Crippen LogP contribution < -0.4 is 4.90 Å². The van der Waals surface area contributed by atoms with E-state index in [1.54, 1.807) is 6.07 Å². The second-order valence-electron chi connectivity index (χ2n) is 7.93. The average Bonchev–Trinajstić information content (AvgIpc) is 3.06. The van der Waals surface area contributed by atoms with E-state index in [2.05, 4.69) is 28.1 Å². The number of aromatic nitrogens is 3. The minimum atomic E-state index is 0.595. The van der Waals surface area contributed by atoms with Gasteiger partial charge in [0.25, 0.3) is 0 Å². The fourth-order valence-electron chi connectivity index (χ4n) is 4.07. The van der Waals surface area contributed by atoms with Crippen molar-refractivity contribution in [2.24, 2.45) is 5.92 Å².